The number of hydrogen-bond acceptors (Lipinski definition) is 4. The summed E-state index contributed by atoms with van der Waals surface area (Å²) in [5, 5.41) is 5.92. The zero-order valence-corrected chi connectivity index (χ0v) is 15.9. The molecule has 0 unspecified atom stereocenters. The summed E-state index contributed by atoms with van der Waals surface area (Å²) in [6, 6.07) is 5.92. The molecule has 1 fully saturated rings. The van der Waals surface area contributed by atoms with E-state index < -0.39 is 12.6 Å². The van der Waals surface area contributed by atoms with E-state index in [2.05, 4.69) is 20.5 Å². The zero-order valence-electron chi connectivity index (χ0n) is 15.9. The Bertz CT molecular complexity index is 607. The van der Waals surface area contributed by atoms with Gasteiger partial charge in [-0.3, -0.25) is 4.99 Å². The normalized spacial score (nSPS) is 16.2. The van der Waals surface area contributed by atoms with Gasteiger partial charge in [-0.2, -0.15) is 13.2 Å². The van der Waals surface area contributed by atoms with E-state index in [1.54, 1.807) is 21.3 Å². The summed E-state index contributed by atoms with van der Waals surface area (Å²) in [5.74, 6) is 1.87. The van der Waals surface area contributed by atoms with E-state index in [0.717, 1.165) is 43.1 Å². The van der Waals surface area contributed by atoms with Crippen molar-refractivity contribution in [1.82, 2.24) is 10.6 Å². The summed E-state index contributed by atoms with van der Waals surface area (Å²) in [5.41, 5.74) is 1.03. The first kappa shape index (κ1) is 21.0. The molecule has 1 aromatic rings. The van der Waals surface area contributed by atoms with E-state index in [9.17, 15) is 13.2 Å². The van der Waals surface area contributed by atoms with Gasteiger partial charge in [-0.25, -0.2) is 0 Å². The number of hydrogen-bond donors (Lipinski definition) is 2. The minimum atomic E-state index is -4.17. The first-order chi connectivity index (χ1) is 12.8. The molecule has 0 spiro atoms. The molecular weight excluding hydrogens is 361 g/mol. The van der Waals surface area contributed by atoms with Crippen LogP contribution in [-0.4, -0.2) is 59.1 Å². The van der Waals surface area contributed by atoms with Crippen LogP contribution in [0.25, 0.3) is 0 Å². The second kappa shape index (κ2) is 9.57. The van der Waals surface area contributed by atoms with Crippen molar-refractivity contribution in [2.24, 2.45) is 4.99 Å². The van der Waals surface area contributed by atoms with E-state index in [1.165, 1.54) is 0 Å². The number of methoxy groups -OCH3 is 2. The van der Waals surface area contributed by atoms with E-state index in [1.807, 2.05) is 18.2 Å². The Morgan fingerprint density at radius 1 is 1.15 bits per heavy atom. The molecule has 0 aromatic heterocycles. The lowest BCUT2D eigenvalue weighted by atomic mass is 10.0. The third kappa shape index (κ3) is 6.73. The lowest BCUT2D eigenvalue weighted by molar-refractivity contribution is -0.132. The molecule has 0 radical (unpaired) electrons. The van der Waals surface area contributed by atoms with Gasteiger partial charge in [0, 0.05) is 56.6 Å². The molecule has 1 aliphatic heterocycles. The topological polar surface area (TPSA) is 58.1 Å². The number of anilines is 1. The number of piperidine rings is 1. The Labute approximate surface area is 157 Å². The molecule has 2 N–H and O–H groups in total. The maximum Gasteiger partial charge on any atom is 0.390 e. The second-order valence-corrected chi connectivity index (χ2v) is 6.34. The predicted octanol–water partition coefficient (Wildman–Crippen LogP) is 2.79. The standard InChI is InChI=1S/C18H27F3N4O2/c1-22-17(23-7-6-18(19,20)21)24-13-4-8-25(9-5-13)14-10-15(26-2)12-16(11-14)27-3/h10-13H,4-9H2,1-3H3,(H2,22,23,24). The van der Waals surface area contributed by atoms with Crippen molar-refractivity contribution >= 4 is 11.6 Å². The Kier molecular flexibility index (Phi) is 7.44. The highest BCUT2D eigenvalue weighted by Crippen LogP contribution is 2.30. The summed E-state index contributed by atoms with van der Waals surface area (Å²) in [6.45, 7) is 1.44. The fourth-order valence-corrected chi connectivity index (χ4v) is 2.97. The maximum atomic E-state index is 12.3. The first-order valence-electron chi connectivity index (χ1n) is 8.86. The van der Waals surface area contributed by atoms with Gasteiger partial charge >= 0.3 is 6.18 Å². The van der Waals surface area contributed by atoms with Crippen molar-refractivity contribution in [1.29, 1.82) is 0 Å². The van der Waals surface area contributed by atoms with Gasteiger partial charge in [-0.05, 0) is 12.8 Å². The number of guanidine groups is 1. The summed E-state index contributed by atoms with van der Waals surface area (Å²) in [4.78, 5) is 6.24. The van der Waals surface area contributed by atoms with Gasteiger partial charge < -0.3 is 25.0 Å². The number of aliphatic imine (C=N–C) groups is 1. The van der Waals surface area contributed by atoms with Gasteiger partial charge in [0.25, 0.3) is 0 Å². The quantitative estimate of drug-likeness (QED) is 0.580. The van der Waals surface area contributed by atoms with Gasteiger partial charge in [0.05, 0.1) is 20.6 Å². The van der Waals surface area contributed by atoms with E-state index in [0.29, 0.717) is 5.96 Å². The van der Waals surface area contributed by atoms with Crippen LogP contribution in [0.15, 0.2) is 23.2 Å². The second-order valence-electron chi connectivity index (χ2n) is 6.34. The number of benzene rings is 1. The van der Waals surface area contributed by atoms with Crippen molar-refractivity contribution in [3.63, 3.8) is 0 Å². The molecule has 0 atom stereocenters. The summed E-state index contributed by atoms with van der Waals surface area (Å²) >= 11 is 0. The van der Waals surface area contributed by atoms with Gasteiger partial charge in [-0.15, -0.1) is 0 Å². The molecule has 27 heavy (non-hydrogen) atoms. The van der Waals surface area contributed by atoms with Crippen LogP contribution in [0.2, 0.25) is 0 Å². The Balaban J connectivity index is 1.86. The van der Waals surface area contributed by atoms with Crippen molar-refractivity contribution in [3.8, 4) is 11.5 Å². The van der Waals surface area contributed by atoms with Crippen molar-refractivity contribution < 1.29 is 22.6 Å². The third-order valence-electron chi connectivity index (χ3n) is 4.46. The monoisotopic (exact) mass is 388 g/mol. The van der Waals surface area contributed by atoms with Gasteiger partial charge in [0.15, 0.2) is 5.96 Å². The Hall–Kier alpha value is -2.32. The van der Waals surface area contributed by atoms with Crippen molar-refractivity contribution in [2.75, 3.05) is 45.8 Å². The average molecular weight is 388 g/mol. The zero-order chi connectivity index (χ0) is 19.9. The third-order valence-corrected chi connectivity index (χ3v) is 4.46. The van der Waals surface area contributed by atoms with Crippen LogP contribution >= 0.6 is 0 Å². The van der Waals surface area contributed by atoms with Crippen molar-refractivity contribution in [3.05, 3.63) is 18.2 Å². The smallest absolute Gasteiger partial charge is 0.390 e. The molecule has 1 saturated heterocycles. The molecule has 0 amide bonds. The number of nitrogens with one attached hydrogen (secondary N) is 2. The predicted molar refractivity (Wildman–Crippen MR) is 100.0 cm³/mol. The number of nitrogens with zero attached hydrogens (tertiary/aromatic N) is 2. The van der Waals surface area contributed by atoms with E-state index in [4.69, 9.17) is 9.47 Å². The van der Waals surface area contributed by atoms with E-state index >= 15 is 0 Å². The van der Waals surface area contributed by atoms with Crippen LogP contribution in [0.3, 0.4) is 0 Å². The minimum Gasteiger partial charge on any atom is -0.497 e. The fraction of sp³-hybridized carbons (Fsp3) is 0.611. The van der Waals surface area contributed by atoms with Crippen molar-refractivity contribution in [2.45, 2.75) is 31.5 Å². The van der Waals surface area contributed by atoms with Crippen LogP contribution in [0, 0.1) is 0 Å². The number of rotatable bonds is 6. The molecule has 0 saturated carbocycles. The molecule has 1 aromatic carbocycles. The lowest BCUT2D eigenvalue weighted by Gasteiger charge is -2.34. The first-order valence-corrected chi connectivity index (χ1v) is 8.86. The largest absolute Gasteiger partial charge is 0.497 e. The number of alkyl halides is 3. The Morgan fingerprint density at radius 3 is 2.22 bits per heavy atom. The minimum absolute atomic E-state index is 0.158. The average Bonchev–Trinajstić information content (AvgIpc) is 2.66. The molecule has 2 rings (SSSR count). The molecule has 9 heteroatoms. The van der Waals surface area contributed by atoms with Crippen LogP contribution in [-0.2, 0) is 0 Å². The van der Waals surface area contributed by atoms with Crippen LogP contribution < -0.4 is 25.0 Å². The summed E-state index contributed by atoms with van der Waals surface area (Å²) in [6.07, 6.45) is -3.36. The molecule has 0 bridgehead atoms. The van der Waals surface area contributed by atoms with Gasteiger partial charge in [0.2, 0.25) is 0 Å². The fourth-order valence-electron chi connectivity index (χ4n) is 2.97. The highest BCUT2D eigenvalue weighted by molar-refractivity contribution is 5.80. The highest BCUT2D eigenvalue weighted by atomic mass is 19.4. The molecular formula is C18H27F3N4O2. The summed E-state index contributed by atoms with van der Waals surface area (Å²) < 4.78 is 47.4. The lowest BCUT2D eigenvalue weighted by Crippen LogP contribution is -2.49. The molecule has 0 aliphatic carbocycles. The summed E-state index contributed by atoms with van der Waals surface area (Å²) in [7, 11) is 4.79. The van der Waals surface area contributed by atoms with Gasteiger partial charge in [-0.1, -0.05) is 0 Å². The van der Waals surface area contributed by atoms with E-state index in [-0.39, 0.29) is 12.6 Å². The molecule has 1 aliphatic rings. The SMILES string of the molecule is CN=C(NCCC(F)(F)F)NC1CCN(c2cc(OC)cc(OC)c2)CC1. The Morgan fingerprint density at radius 2 is 1.74 bits per heavy atom. The maximum absolute atomic E-state index is 12.3. The van der Waals surface area contributed by atoms with Crippen LogP contribution in [0.1, 0.15) is 19.3 Å². The number of halogens is 3. The number of ether oxygens (including phenoxy) is 2. The van der Waals surface area contributed by atoms with Crippen LogP contribution in [0.5, 0.6) is 11.5 Å². The van der Waals surface area contributed by atoms with Crippen LogP contribution in [0.4, 0.5) is 18.9 Å². The molecule has 6 nitrogen and oxygen atoms in total. The highest BCUT2D eigenvalue weighted by Gasteiger charge is 2.27. The van der Waals surface area contributed by atoms with Gasteiger partial charge in [0.1, 0.15) is 11.5 Å². The molecule has 152 valence electrons. The molecule has 1 heterocycles.